The van der Waals surface area contributed by atoms with Crippen LogP contribution in [0.3, 0.4) is 0 Å². The SMILES string of the molecule is O=C(c1ccccc1)[C@@H]1O[C@@H]1c1ccccc1. The molecule has 1 saturated heterocycles. The first-order valence-electron chi connectivity index (χ1n) is 5.66. The predicted molar refractivity (Wildman–Crippen MR) is 64.8 cm³/mol. The lowest BCUT2D eigenvalue weighted by molar-refractivity contribution is 0.0953. The second-order valence-corrected chi connectivity index (χ2v) is 4.12. The number of carbonyl (C=O) groups excluding carboxylic acids is 1. The molecule has 1 heterocycles. The standard InChI is InChI=1S/C15H12O2/c16-13(11-7-3-1-4-8-11)15-14(17-15)12-9-5-2-6-10-12/h1-10,14-15H/t14-,15+/m1/s1. The van der Waals surface area contributed by atoms with Crippen LogP contribution in [-0.4, -0.2) is 11.9 Å². The Balaban J connectivity index is 1.76. The van der Waals surface area contributed by atoms with Crippen LogP contribution in [-0.2, 0) is 4.74 Å². The Kier molecular flexibility index (Phi) is 2.50. The highest BCUT2D eigenvalue weighted by Gasteiger charge is 2.45. The van der Waals surface area contributed by atoms with E-state index >= 15 is 0 Å². The summed E-state index contributed by atoms with van der Waals surface area (Å²) in [6, 6.07) is 19.1. The van der Waals surface area contributed by atoms with Crippen LogP contribution in [0.2, 0.25) is 0 Å². The van der Waals surface area contributed by atoms with Gasteiger partial charge in [-0.2, -0.15) is 0 Å². The second-order valence-electron chi connectivity index (χ2n) is 4.12. The molecule has 1 aliphatic heterocycles. The molecule has 1 fully saturated rings. The summed E-state index contributed by atoms with van der Waals surface area (Å²) in [6.45, 7) is 0. The normalized spacial score (nSPS) is 22.1. The number of benzene rings is 2. The van der Waals surface area contributed by atoms with Crippen molar-refractivity contribution in [2.75, 3.05) is 0 Å². The van der Waals surface area contributed by atoms with Gasteiger partial charge in [0, 0.05) is 5.56 Å². The molecule has 0 aromatic heterocycles. The summed E-state index contributed by atoms with van der Waals surface area (Å²) in [7, 11) is 0. The van der Waals surface area contributed by atoms with Crippen LogP contribution in [0.4, 0.5) is 0 Å². The molecule has 84 valence electrons. The van der Waals surface area contributed by atoms with Crippen molar-refractivity contribution in [2.24, 2.45) is 0 Å². The fourth-order valence-electron chi connectivity index (χ4n) is 1.97. The van der Waals surface area contributed by atoms with Crippen molar-refractivity contribution in [3.63, 3.8) is 0 Å². The summed E-state index contributed by atoms with van der Waals surface area (Å²) < 4.78 is 5.47. The number of Topliss-reactive ketones (excluding diaryl/α,β-unsaturated/α-hetero) is 1. The minimum absolute atomic E-state index is 0.0658. The molecule has 2 atom stereocenters. The molecule has 2 nitrogen and oxygen atoms in total. The van der Waals surface area contributed by atoms with Crippen LogP contribution in [0.5, 0.6) is 0 Å². The summed E-state index contributed by atoms with van der Waals surface area (Å²) in [5.41, 5.74) is 1.79. The fourth-order valence-corrected chi connectivity index (χ4v) is 1.97. The first kappa shape index (κ1) is 10.2. The number of ether oxygens (including phenoxy) is 1. The van der Waals surface area contributed by atoms with E-state index in [1.54, 1.807) is 0 Å². The van der Waals surface area contributed by atoms with Gasteiger partial charge in [0.1, 0.15) is 6.10 Å². The van der Waals surface area contributed by atoms with E-state index < -0.39 is 0 Å². The monoisotopic (exact) mass is 224 g/mol. The average molecular weight is 224 g/mol. The van der Waals surface area contributed by atoms with E-state index in [1.807, 2.05) is 60.7 Å². The highest BCUT2D eigenvalue weighted by molar-refractivity contribution is 6.01. The Hall–Kier alpha value is -1.93. The maximum Gasteiger partial charge on any atom is 0.194 e. The van der Waals surface area contributed by atoms with Crippen molar-refractivity contribution < 1.29 is 9.53 Å². The largest absolute Gasteiger partial charge is 0.356 e. The molecule has 2 heteroatoms. The molecule has 0 unspecified atom stereocenters. The molecular weight excluding hydrogens is 212 g/mol. The Morgan fingerprint density at radius 2 is 1.47 bits per heavy atom. The second kappa shape index (κ2) is 4.15. The lowest BCUT2D eigenvalue weighted by atomic mass is 10.0. The van der Waals surface area contributed by atoms with Gasteiger partial charge < -0.3 is 4.74 Å². The van der Waals surface area contributed by atoms with Crippen LogP contribution in [0.15, 0.2) is 60.7 Å². The van der Waals surface area contributed by atoms with E-state index in [9.17, 15) is 4.79 Å². The molecule has 0 bridgehead atoms. The molecule has 0 spiro atoms. The van der Waals surface area contributed by atoms with Crippen molar-refractivity contribution in [3.8, 4) is 0 Å². The maximum atomic E-state index is 12.1. The highest BCUT2D eigenvalue weighted by Crippen LogP contribution is 2.40. The van der Waals surface area contributed by atoms with Gasteiger partial charge in [-0.25, -0.2) is 0 Å². The summed E-state index contributed by atoms with van der Waals surface area (Å²) in [5, 5.41) is 0. The Labute approximate surface area is 99.9 Å². The predicted octanol–water partition coefficient (Wildman–Crippen LogP) is 3.01. The van der Waals surface area contributed by atoms with E-state index in [0.29, 0.717) is 0 Å². The number of carbonyl (C=O) groups is 1. The van der Waals surface area contributed by atoms with Crippen molar-refractivity contribution in [1.82, 2.24) is 0 Å². The molecule has 0 amide bonds. The molecule has 17 heavy (non-hydrogen) atoms. The van der Waals surface area contributed by atoms with Crippen LogP contribution in [0.1, 0.15) is 22.0 Å². The molecular formula is C15H12O2. The molecule has 0 aliphatic carbocycles. The first-order valence-corrected chi connectivity index (χ1v) is 5.66. The van der Waals surface area contributed by atoms with Crippen LogP contribution >= 0.6 is 0 Å². The van der Waals surface area contributed by atoms with Crippen molar-refractivity contribution in [1.29, 1.82) is 0 Å². The third-order valence-corrected chi connectivity index (χ3v) is 2.94. The third-order valence-electron chi connectivity index (χ3n) is 2.94. The number of epoxide rings is 1. The number of hydrogen-bond acceptors (Lipinski definition) is 2. The molecule has 1 aliphatic rings. The Bertz CT molecular complexity index is 519. The number of ketones is 1. The van der Waals surface area contributed by atoms with Gasteiger partial charge in [-0.05, 0) is 5.56 Å². The van der Waals surface area contributed by atoms with E-state index in [0.717, 1.165) is 11.1 Å². The van der Waals surface area contributed by atoms with E-state index in [2.05, 4.69) is 0 Å². The van der Waals surface area contributed by atoms with Gasteiger partial charge >= 0.3 is 0 Å². The van der Waals surface area contributed by atoms with E-state index in [-0.39, 0.29) is 18.0 Å². The number of hydrogen-bond donors (Lipinski definition) is 0. The average Bonchev–Trinajstić information content (AvgIpc) is 3.20. The van der Waals surface area contributed by atoms with E-state index in [1.165, 1.54) is 0 Å². The van der Waals surface area contributed by atoms with Gasteiger partial charge in [-0.3, -0.25) is 4.79 Å². The lowest BCUT2D eigenvalue weighted by Crippen LogP contribution is -2.07. The van der Waals surface area contributed by atoms with Gasteiger partial charge in [0.15, 0.2) is 11.9 Å². The fraction of sp³-hybridized carbons (Fsp3) is 0.133. The minimum atomic E-state index is -0.306. The lowest BCUT2D eigenvalue weighted by Gasteiger charge is -1.96. The quantitative estimate of drug-likeness (QED) is 0.592. The summed E-state index contributed by atoms with van der Waals surface area (Å²) in [6.07, 6.45) is -0.372. The van der Waals surface area contributed by atoms with Gasteiger partial charge in [-0.15, -0.1) is 0 Å². The van der Waals surface area contributed by atoms with Crippen LogP contribution in [0.25, 0.3) is 0 Å². The molecule has 3 rings (SSSR count). The summed E-state index contributed by atoms with van der Waals surface area (Å²) >= 11 is 0. The zero-order valence-corrected chi connectivity index (χ0v) is 9.24. The van der Waals surface area contributed by atoms with E-state index in [4.69, 9.17) is 4.74 Å². The third kappa shape index (κ3) is 1.99. The van der Waals surface area contributed by atoms with Crippen LogP contribution in [0, 0.1) is 0 Å². The molecule has 0 radical (unpaired) electrons. The smallest absolute Gasteiger partial charge is 0.194 e. The molecule has 0 saturated carbocycles. The summed E-state index contributed by atoms with van der Waals surface area (Å²) in [4.78, 5) is 12.1. The van der Waals surface area contributed by atoms with Crippen molar-refractivity contribution >= 4 is 5.78 Å². The topological polar surface area (TPSA) is 29.6 Å². The molecule has 2 aromatic carbocycles. The Morgan fingerprint density at radius 1 is 0.882 bits per heavy atom. The maximum absolute atomic E-state index is 12.1. The minimum Gasteiger partial charge on any atom is -0.356 e. The van der Waals surface area contributed by atoms with Crippen molar-refractivity contribution in [2.45, 2.75) is 12.2 Å². The van der Waals surface area contributed by atoms with Gasteiger partial charge in [-0.1, -0.05) is 60.7 Å². The zero-order chi connectivity index (χ0) is 11.7. The highest BCUT2D eigenvalue weighted by atomic mass is 16.6. The Morgan fingerprint density at radius 3 is 2.12 bits per heavy atom. The van der Waals surface area contributed by atoms with Crippen LogP contribution < -0.4 is 0 Å². The number of rotatable bonds is 3. The first-order chi connectivity index (χ1) is 8.36. The molecule has 0 N–H and O–H groups in total. The van der Waals surface area contributed by atoms with Gasteiger partial charge in [0.25, 0.3) is 0 Å². The summed E-state index contributed by atoms with van der Waals surface area (Å²) in [5.74, 6) is 0.0689. The van der Waals surface area contributed by atoms with Gasteiger partial charge in [0.05, 0.1) is 0 Å². The zero-order valence-electron chi connectivity index (χ0n) is 9.24. The molecule has 2 aromatic rings. The van der Waals surface area contributed by atoms with Gasteiger partial charge in [0.2, 0.25) is 0 Å². The van der Waals surface area contributed by atoms with Crippen molar-refractivity contribution in [3.05, 3.63) is 71.8 Å².